The van der Waals surface area contributed by atoms with Gasteiger partial charge in [-0.05, 0) is 19.1 Å². The number of aliphatic hydroxyl groups excluding tert-OH is 1. The van der Waals surface area contributed by atoms with Crippen LogP contribution in [0.4, 0.5) is 0 Å². The lowest BCUT2D eigenvalue weighted by atomic mass is 10.1. The molecule has 1 unspecified atom stereocenters. The summed E-state index contributed by atoms with van der Waals surface area (Å²) in [5.74, 6) is 6.81. The molecule has 0 aliphatic heterocycles. The highest BCUT2D eigenvalue weighted by atomic mass is 16.5. The molecule has 1 atom stereocenters. The summed E-state index contributed by atoms with van der Waals surface area (Å²) in [6.45, 7) is 1.67. The Morgan fingerprint density at radius 2 is 1.59 bits per heavy atom. The molecule has 0 aromatic heterocycles. The van der Waals surface area contributed by atoms with Crippen LogP contribution >= 0.6 is 0 Å². The number of methoxy groups -OCH3 is 3. The summed E-state index contributed by atoms with van der Waals surface area (Å²) in [6, 6.07) is 3.35. The normalized spacial score (nSPS) is 11.1. The molecule has 0 fully saturated rings. The SMILES string of the molecule is CC#CC(O)c1cc(OC)c(OC)c(OC)c1. The van der Waals surface area contributed by atoms with Gasteiger partial charge in [-0.1, -0.05) is 5.92 Å². The molecule has 1 aromatic carbocycles. The fourth-order valence-electron chi connectivity index (χ4n) is 1.48. The molecule has 1 aromatic rings. The smallest absolute Gasteiger partial charge is 0.203 e. The highest BCUT2D eigenvalue weighted by molar-refractivity contribution is 5.54. The van der Waals surface area contributed by atoms with E-state index in [1.54, 1.807) is 19.1 Å². The van der Waals surface area contributed by atoms with Crippen LogP contribution in [0.1, 0.15) is 18.6 Å². The van der Waals surface area contributed by atoms with Crippen LogP contribution < -0.4 is 14.2 Å². The van der Waals surface area contributed by atoms with Gasteiger partial charge in [0.1, 0.15) is 6.10 Å². The summed E-state index contributed by atoms with van der Waals surface area (Å²) in [4.78, 5) is 0. The van der Waals surface area contributed by atoms with Gasteiger partial charge in [0.15, 0.2) is 11.5 Å². The molecular formula is C13H16O4. The van der Waals surface area contributed by atoms with Crippen molar-refractivity contribution in [1.29, 1.82) is 0 Å². The van der Waals surface area contributed by atoms with E-state index in [-0.39, 0.29) is 0 Å². The fraction of sp³-hybridized carbons (Fsp3) is 0.385. The largest absolute Gasteiger partial charge is 0.493 e. The third-order valence-electron chi connectivity index (χ3n) is 2.28. The molecular weight excluding hydrogens is 220 g/mol. The monoisotopic (exact) mass is 236 g/mol. The molecule has 0 radical (unpaired) electrons. The molecule has 1 N–H and O–H groups in total. The summed E-state index contributed by atoms with van der Waals surface area (Å²) in [5, 5.41) is 9.80. The molecule has 92 valence electrons. The van der Waals surface area contributed by atoms with Crippen molar-refractivity contribution in [3.05, 3.63) is 17.7 Å². The lowest BCUT2D eigenvalue weighted by molar-refractivity contribution is 0.236. The average Bonchev–Trinajstić information content (AvgIpc) is 2.37. The van der Waals surface area contributed by atoms with Crippen LogP contribution in [-0.2, 0) is 0 Å². The number of aliphatic hydroxyl groups is 1. The van der Waals surface area contributed by atoms with Crippen molar-refractivity contribution in [3.8, 4) is 29.1 Å². The number of ether oxygens (including phenoxy) is 3. The van der Waals surface area contributed by atoms with E-state index in [2.05, 4.69) is 11.8 Å². The lowest BCUT2D eigenvalue weighted by Crippen LogP contribution is -2.00. The average molecular weight is 236 g/mol. The predicted molar refractivity (Wildman–Crippen MR) is 64.5 cm³/mol. The Morgan fingerprint density at radius 1 is 1.06 bits per heavy atom. The zero-order valence-corrected chi connectivity index (χ0v) is 10.4. The van der Waals surface area contributed by atoms with Gasteiger partial charge < -0.3 is 19.3 Å². The third kappa shape index (κ3) is 2.83. The van der Waals surface area contributed by atoms with E-state index in [4.69, 9.17) is 14.2 Å². The summed E-state index contributed by atoms with van der Waals surface area (Å²) in [6.07, 6.45) is -0.867. The molecule has 0 aliphatic rings. The minimum atomic E-state index is -0.867. The van der Waals surface area contributed by atoms with Gasteiger partial charge in [-0.2, -0.15) is 0 Å². The lowest BCUT2D eigenvalue weighted by Gasteiger charge is -2.14. The Balaban J connectivity index is 3.29. The van der Waals surface area contributed by atoms with Crippen molar-refractivity contribution in [2.45, 2.75) is 13.0 Å². The van der Waals surface area contributed by atoms with Gasteiger partial charge >= 0.3 is 0 Å². The molecule has 4 heteroatoms. The van der Waals surface area contributed by atoms with Crippen molar-refractivity contribution < 1.29 is 19.3 Å². The van der Waals surface area contributed by atoms with E-state index in [0.29, 0.717) is 22.8 Å². The maximum atomic E-state index is 9.80. The van der Waals surface area contributed by atoms with Gasteiger partial charge in [-0.25, -0.2) is 0 Å². The first-order valence-electron chi connectivity index (χ1n) is 5.08. The highest BCUT2D eigenvalue weighted by Gasteiger charge is 2.15. The van der Waals surface area contributed by atoms with Crippen LogP contribution in [0.25, 0.3) is 0 Å². The summed E-state index contributed by atoms with van der Waals surface area (Å²) >= 11 is 0. The van der Waals surface area contributed by atoms with E-state index < -0.39 is 6.10 Å². The minimum absolute atomic E-state index is 0.496. The Bertz CT molecular complexity index is 417. The molecule has 0 spiro atoms. The van der Waals surface area contributed by atoms with Crippen molar-refractivity contribution in [2.75, 3.05) is 21.3 Å². The highest BCUT2D eigenvalue weighted by Crippen LogP contribution is 2.39. The van der Waals surface area contributed by atoms with Gasteiger partial charge in [0, 0.05) is 5.56 Å². The third-order valence-corrected chi connectivity index (χ3v) is 2.28. The minimum Gasteiger partial charge on any atom is -0.493 e. The van der Waals surface area contributed by atoms with Crippen molar-refractivity contribution >= 4 is 0 Å². The Labute approximate surface area is 101 Å². The molecule has 0 heterocycles. The Morgan fingerprint density at radius 3 is 1.94 bits per heavy atom. The van der Waals surface area contributed by atoms with Crippen LogP contribution in [0.3, 0.4) is 0 Å². The standard InChI is InChI=1S/C13H16O4/c1-5-6-10(14)9-7-11(15-2)13(17-4)12(8-9)16-3/h7-8,10,14H,1-4H3. The molecule has 0 saturated carbocycles. The molecule has 0 saturated heterocycles. The van der Waals surface area contributed by atoms with E-state index in [1.165, 1.54) is 21.3 Å². The maximum Gasteiger partial charge on any atom is 0.203 e. The predicted octanol–water partition coefficient (Wildman–Crippen LogP) is 1.77. The summed E-state index contributed by atoms with van der Waals surface area (Å²) in [7, 11) is 4.58. The van der Waals surface area contributed by atoms with Gasteiger partial charge in [0.05, 0.1) is 21.3 Å². The molecule has 4 nitrogen and oxygen atoms in total. The summed E-state index contributed by atoms with van der Waals surface area (Å²) in [5.41, 5.74) is 0.605. The maximum absolute atomic E-state index is 9.80. The number of benzene rings is 1. The van der Waals surface area contributed by atoms with Crippen molar-refractivity contribution in [3.63, 3.8) is 0 Å². The number of hydrogen-bond donors (Lipinski definition) is 1. The van der Waals surface area contributed by atoms with Gasteiger partial charge in [-0.3, -0.25) is 0 Å². The molecule has 17 heavy (non-hydrogen) atoms. The second kappa shape index (κ2) is 6.02. The number of rotatable bonds is 4. The zero-order valence-electron chi connectivity index (χ0n) is 10.4. The molecule has 1 rings (SSSR count). The van der Waals surface area contributed by atoms with Gasteiger partial charge in [0.25, 0.3) is 0 Å². The second-order valence-corrected chi connectivity index (χ2v) is 3.26. The van der Waals surface area contributed by atoms with Crippen molar-refractivity contribution in [1.82, 2.24) is 0 Å². The van der Waals surface area contributed by atoms with Crippen LogP contribution in [0.2, 0.25) is 0 Å². The van der Waals surface area contributed by atoms with Crippen LogP contribution in [0.5, 0.6) is 17.2 Å². The van der Waals surface area contributed by atoms with E-state index in [0.717, 1.165) is 0 Å². The first-order valence-corrected chi connectivity index (χ1v) is 5.08. The van der Waals surface area contributed by atoms with E-state index in [9.17, 15) is 5.11 Å². The van der Waals surface area contributed by atoms with Crippen LogP contribution in [0, 0.1) is 11.8 Å². The van der Waals surface area contributed by atoms with Crippen LogP contribution in [-0.4, -0.2) is 26.4 Å². The Kier molecular flexibility index (Phi) is 4.68. The van der Waals surface area contributed by atoms with Gasteiger partial charge in [0.2, 0.25) is 5.75 Å². The first-order chi connectivity index (χ1) is 8.17. The molecule has 0 bridgehead atoms. The fourth-order valence-corrected chi connectivity index (χ4v) is 1.48. The van der Waals surface area contributed by atoms with Crippen LogP contribution in [0.15, 0.2) is 12.1 Å². The molecule has 0 amide bonds. The topological polar surface area (TPSA) is 47.9 Å². The number of hydrogen-bond acceptors (Lipinski definition) is 4. The zero-order chi connectivity index (χ0) is 12.8. The quantitative estimate of drug-likeness (QED) is 0.809. The molecule has 0 aliphatic carbocycles. The van der Waals surface area contributed by atoms with E-state index in [1.807, 2.05) is 0 Å². The van der Waals surface area contributed by atoms with Gasteiger partial charge in [-0.15, -0.1) is 5.92 Å². The summed E-state index contributed by atoms with van der Waals surface area (Å²) < 4.78 is 15.6. The Hall–Kier alpha value is -1.86. The second-order valence-electron chi connectivity index (χ2n) is 3.26. The van der Waals surface area contributed by atoms with E-state index >= 15 is 0 Å². The van der Waals surface area contributed by atoms with Crippen molar-refractivity contribution in [2.24, 2.45) is 0 Å². The first kappa shape index (κ1) is 13.2.